The van der Waals surface area contributed by atoms with Gasteiger partial charge in [0.15, 0.2) is 0 Å². The minimum atomic E-state index is -1.54. The zero-order chi connectivity index (χ0) is 21.3. The standard InChI is InChI=1S/C23H19N3O4/c1-2-13-25-21(28)18-5-3-4-6-19(18)26-20(27)11-12-23(25,26)22(29)30-15-17-9-7-16(14-24)8-10-17/h2-10H,1,11-13,15H2/t23-/m0/s1. The number of esters is 1. The molecule has 0 unspecified atom stereocenters. The zero-order valence-corrected chi connectivity index (χ0v) is 16.2. The van der Waals surface area contributed by atoms with E-state index in [1.54, 1.807) is 48.5 Å². The summed E-state index contributed by atoms with van der Waals surface area (Å²) in [5.41, 5.74) is 0.449. The fraction of sp³-hybridized carbons (Fsp3) is 0.217. The zero-order valence-electron chi connectivity index (χ0n) is 16.2. The van der Waals surface area contributed by atoms with Crippen LogP contribution in [0.15, 0.2) is 61.2 Å². The number of para-hydroxylation sites is 1. The van der Waals surface area contributed by atoms with Crippen molar-refractivity contribution in [3.05, 3.63) is 77.9 Å². The van der Waals surface area contributed by atoms with Crippen molar-refractivity contribution < 1.29 is 19.1 Å². The predicted molar refractivity (Wildman–Crippen MR) is 108 cm³/mol. The lowest BCUT2D eigenvalue weighted by molar-refractivity contribution is -0.158. The van der Waals surface area contributed by atoms with Crippen LogP contribution < -0.4 is 4.90 Å². The third-order valence-electron chi connectivity index (χ3n) is 5.47. The fourth-order valence-corrected chi connectivity index (χ4v) is 4.07. The second-order valence-corrected chi connectivity index (χ2v) is 7.15. The van der Waals surface area contributed by atoms with Crippen LogP contribution in [-0.2, 0) is 20.9 Å². The van der Waals surface area contributed by atoms with Crippen molar-refractivity contribution in [3.8, 4) is 6.07 Å². The van der Waals surface area contributed by atoms with E-state index in [0.717, 1.165) is 0 Å². The molecule has 2 amide bonds. The van der Waals surface area contributed by atoms with Crippen molar-refractivity contribution in [1.82, 2.24) is 4.90 Å². The summed E-state index contributed by atoms with van der Waals surface area (Å²) in [6, 6.07) is 15.5. The number of ether oxygens (including phenoxy) is 1. The number of anilines is 1. The number of fused-ring (bicyclic) bond motifs is 3. The highest BCUT2D eigenvalue weighted by molar-refractivity contribution is 6.15. The monoisotopic (exact) mass is 401 g/mol. The van der Waals surface area contributed by atoms with Crippen molar-refractivity contribution in [2.24, 2.45) is 0 Å². The normalized spacial score (nSPS) is 19.7. The number of benzene rings is 2. The number of hydrogen-bond donors (Lipinski definition) is 0. The minimum Gasteiger partial charge on any atom is -0.458 e. The number of rotatable bonds is 5. The molecule has 0 aromatic heterocycles. The van der Waals surface area contributed by atoms with E-state index in [9.17, 15) is 14.4 Å². The first-order valence-corrected chi connectivity index (χ1v) is 9.54. The van der Waals surface area contributed by atoms with Crippen molar-refractivity contribution in [3.63, 3.8) is 0 Å². The number of carbonyl (C=O) groups excluding carboxylic acids is 3. The third kappa shape index (κ3) is 2.85. The molecule has 0 radical (unpaired) electrons. The van der Waals surface area contributed by atoms with Gasteiger partial charge in [-0.25, -0.2) is 4.79 Å². The lowest BCUT2D eigenvalue weighted by Gasteiger charge is -2.48. The molecule has 1 fully saturated rings. The van der Waals surface area contributed by atoms with Gasteiger partial charge in [-0.1, -0.05) is 30.3 Å². The molecule has 150 valence electrons. The Labute approximate surface area is 173 Å². The Morgan fingerprint density at radius 3 is 2.63 bits per heavy atom. The SMILES string of the molecule is C=CCN1C(=O)c2ccccc2N2C(=O)CC[C@]12C(=O)OCc1ccc(C#N)cc1. The molecule has 30 heavy (non-hydrogen) atoms. The van der Waals surface area contributed by atoms with Crippen LogP contribution >= 0.6 is 0 Å². The highest BCUT2D eigenvalue weighted by Gasteiger charge is 2.61. The number of amides is 2. The van der Waals surface area contributed by atoms with Gasteiger partial charge in [0.2, 0.25) is 11.6 Å². The maximum absolute atomic E-state index is 13.4. The van der Waals surface area contributed by atoms with Crippen molar-refractivity contribution >= 4 is 23.5 Å². The van der Waals surface area contributed by atoms with Gasteiger partial charge < -0.3 is 9.64 Å². The first-order chi connectivity index (χ1) is 14.5. The van der Waals surface area contributed by atoms with Crippen LogP contribution in [0.1, 0.15) is 34.3 Å². The van der Waals surface area contributed by atoms with Gasteiger partial charge in [-0.15, -0.1) is 6.58 Å². The largest absolute Gasteiger partial charge is 0.458 e. The van der Waals surface area contributed by atoms with Gasteiger partial charge in [0.05, 0.1) is 22.9 Å². The van der Waals surface area contributed by atoms with Gasteiger partial charge in [0.25, 0.3) is 5.91 Å². The van der Waals surface area contributed by atoms with Crippen molar-refractivity contribution in [1.29, 1.82) is 5.26 Å². The molecule has 1 atom stereocenters. The molecule has 2 aliphatic heterocycles. The first kappa shape index (κ1) is 19.4. The van der Waals surface area contributed by atoms with Crippen LogP contribution in [0.2, 0.25) is 0 Å². The van der Waals surface area contributed by atoms with E-state index < -0.39 is 11.6 Å². The van der Waals surface area contributed by atoms with E-state index in [0.29, 0.717) is 22.4 Å². The third-order valence-corrected chi connectivity index (χ3v) is 5.47. The molecular weight excluding hydrogens is 382 g/mol. The van der Waals surface area contributed by atoms with E-state index in [1.165, 1.54) is 15.9 Å². The Bertz CT molecular complexity index is 1090. The summed E-state index contributed by atoms with van der Waals surface area (Å²) in [5.74, 6) is -1.24. The van der Waals surface area contributed by atoms with Gasteiger partial charge in [0.1, 0.15) is 6.61 Å². The van der Waals surface area contributed by atoms with Crippen molar-refractivity contribution in [2.45, 2.75) is 25.1 Å². The predicted octanol–water partition coefficient (Wildman–Crippen LogP) is 2.77. The Kier molecular flexibility index (Phi) is 4.84. The molecule has 1 saturated heterocycles. The summed E-state index contributed by atoms with van der Waals surface area (Å²) in [6.07, 6.45) is 1.80. The molecule has 4 rings (SSSR count). The molecule has 0 bridgehead atoms. The van der Waals surface area contributed by atoms with Gasteiger partial charge in [0, 0.05) is 19.4 Å². The minimum absolute atomic E-state index is 0.0356. The highest BCUT2D eigenvalue weighted by atomic mass is 16.5. The molecule has 2 heterocycles. The van der Waals surface area contributed by atoms with E-state index in [4.69, 9.17) is 10.00 Å². The molecule has 2 aliphatic rings. The molecule has 7 nitrogen and oxygen atoms in total. The number of nitriles is 1. The summed E-state index contributed by atoms with van der Waals surface area (Å²) >= 11 is 0. The van der Waals surface area contributed by atoms with Crippen LogP contribution in [0.4, 0.5) is 5.69 Å². The molecule has 7 heteroatoms. The number of carbonyl (C=O) groups is 3. The number of hydrogen-bond acceptors (Lipinski definition) is 5. The smallest absolute Gasteiger partial charge is 0.354 e. The van der Waals surface area contributed by atoms with Gasteiger partial charge in [-0.2, -0.15) is 5.26 Å². The summed E-state index contributed by atoms with van der Waals surface area (Å²) in [7, 11) is 0. The Morgan fingerprint density at radius 1 is 1.20 bits per heavy atom. The van der Waals surface area contributed by atoms with Crippen LogP contribution in [0, 0.1) is 11.3 Å². The van der Waals surface area contributed by atoms with Crippen LogP contribution in [0.3, 0.4) is 0 Å². The van der Waals surface area contributed by atoms with Gasteiger partial charge >= 0.3 is 5.97 Å². The Balaban J connectivity index is 1.71. The van der Waals surface area contributed by atoms with E-state index in [1.807, 2.05) is 6.07 Å². The van der Waals surface area contributed by atoms with E-state index >= 15 is 0 Å². The van der Waals surface area contributed by atoms with E-state index in [-0.39, 0.29) is 37.8 Å². The summed E-state index contributed by atoms with van der Waals surface area (Å²) in [4.78, 5) is 42.2. The Morgan fingerprint density at radius 2 is 1.93 bits per heavy atom. The van der Waals surface area contributed by atoms with Crippen molar-refractivity contribution in [2.75, 3.05) is 11.4 Å². The van der Waals surface area contributed by atoms with Crippen LogP contribution in [0.25, 0.3) is 0 Å². The van der Waals surface area contributed by atoms with E-state index in [2.05, 4.69) is 6.58 Å². The Hall–Kier alpha value is -3.92. The average molecular weight is 401 g/mol. The van der Waals surface area contributed by atoms with Gasteiger partial charge in [-0.05, 0) is 29.8 Å². The quantitative estimate of drug-likeness (QED) is 0.568. The van der Waals surface area contributed by atoms with Crippen LogP contribution in [-0.4, -0.2) is 34.9 Å². The molecule has 0 spiro atoms. The molecule has 0 aliphatic carbocycles. The summed E-state index contributed by atoms with van der Waals surface area (Å²) in [5, 5.41) is 8.91. The lowest BCUT2D eigenvalue weighted by atomic mass is 9.96. The van der Waals surface area contributed by atoms with Gasteiger partial charge in [-0.3, -0.25) is 14.5 Å². The highest BCUT2D eigenvalue weighted by Crippen LogP contribution is 2.45. The summed E-state index contributed by atoms with van der Waals surface area (Å²) in [6.45, 7) is 3.77. The molecule has 0 saturated carbocycles. The molecule has 0 N–H and O–H groups in total. The maximum Gasteiger partial charge on any atom is 0.354 e. The summed E-state index contributed by atoms with van der Waals surface area (Å²) < 4.78 is 5.59. The molecule has 2 aromatic carbocycles. The number of nitrogens with zero attached hydrogens (tertiary/aromatic N) is 3. The second-order valence-electron chi connectivity index (χ2n) is 7.15. The van der Waals surface area contributed by atoms with Crippen LogP contribution in [0.5, 0.6) is 0 Å². The lowest BCUT2D eigenvalue weighted by Crippen LogP contribution is -2.68. The average Bonchev–Trinajstić information content (AvgIpc) is 3.13. The maximum atomic E-state index is 13.4. The fourth-order valence-electron chi connectivity index (χ4n) is 4.07. The molecular formula is C23H19N3O4. The molecule has 2 aromatic rings. The first-order valence-electron chi connectivity index (χ1n) is 9.54. The topological polar surface area (TPSA) is 90.7 Å². The second kappa shape index (κ2) is 7.48.